The third-order valence-electron chi connectivity index (χ3n) is 5.47. The molecule has 1 aliphatic heterocycles. The van der Waals surface area contributed by atoms with Crippen molar-refractivity contribution in [2.45, 2.75) is 43.0 Å². The zero-order chi connectivity index (χ0) is 21.5. The van der Waals surface area contributed by atoms with E-state index < -0.39 is 33.8 Å². The molecule has 2 aromatic rings. The Bertz CT molecular complexity index is 1100. The first-order chi connectivity index (χ1) is 14.3. The van der Waals surface area contributed by atoms with Crippen LogP contribution in [-0.4, -0.2) is 44.3 Å². The molecule has 1 aromatic carbocycles. The summed E-state index contributed by atoms with van der Waals surface area (Å²) in [4.78, 5) is 26.3. The number of halogens is 1. The minimum atomic E-state index is -3.95. The molecule has 160 valence electrons. The molecule has 0 spiro atoms. The van der Waals surface area contributed by atoms with E-state index in [1.807, 2.05) is 0 Å². The van der Waals surface area contributed by atoms with E-state index in [0.29, 0.717) is 23.4 Å². The predicted octanol–water partition coefficient (Wildman–Crippen LogP) is 2.95. The minimum absolute atomic E-state index is 0.0612. The van der Waals surface area contributed by atoms with Crippen LogP contribution >= 0.6 is 11.3 Å². The molecule has 1 aromatic heterocycles. The number of nitrogens with one attached hydrogen (secondary N) is 1. The number of anilines is 1. The molecule has 1 saturated heterocycles. The Morgan fingerprint density at radius 2 is 1.93 bits per heavy atom. The monoisotopic (exact) mass is 452 g/mol. The number of amides is 1. The maximum atomic E-state index is 13.2. The Balaban J connectivity index is 1.60. The van der Waals surface area contributed by atoms with E-state index >= 15 is 0 Å². The SMILES string of the molecule is COC(=O)c1c(NC(=O)C2CCCN2S(=O)(=O)c2ccc(F)cc2)sc2c1CCC2. The van der Waals surface area contributed by atoms with Crippen molar-refractivity contribution < 1.29 is 27.1 Å². The van der Waals surface area contributed by atoms with E-state index in [2.05, 4.69) is 5.32 Å². The van der Waals surface area contributed by atoms with Crippen LogP contribution in [0.3, 0.4) is 0 Å². The second-order valence-electron chi connectivity index (χ2n) is 7.27. The van der Waals surface area contributed by atoms with E-state index in [9.17, 15) is 22.4 Å². The molecule has 1 aliphatic carbocycles. The maximum absolute atomic E-state index is 13.2. The molecule has 4 rings (SSSR count). The van der Waals surface area contributed by atoms with E-state index in [1.54, 1.807) is 0 Å². The van der Waals surface area contributed by atoms with Crippen LogP contribution in [0.2, 0.25) is 0 Å². The summed E-state index contributed by atoms with van der Waals surface area (Å²) in [5, 5.41) is 3.18. The fourth-order valence-electron chi connectivity index (χ4n) is 4.04. The Morgan fingerprint density at radius 3 is 2.63 bits per heavy atom. The van der Waals surface area contributed by atoms with Crippen LogP contribution in [0.5, 0.6) is 0 Å². The van der Waals surface area contributed by atoms with E-state index in [0.717, 1.165) is 46.1 Å². The molecule has 0 bridgehead atoms. The van der Waals surface area contributed by atoms with E-state index in [4.69, 9.17) is 4.74 Å². The Hall–Kier alpha value is -2.30. The Morgan fingerprint density at radius 1 is 1.20 bits per heavy atom. The largest absolute Gasteiger partial charge is 0.465 e. The molecule has 1 atom stereocenters. The third-order valence-corrected chi connectivity index (χ3v) is 8.60. The average Bonchev–Trinajstić information content (AvgIpc) is 3.43. The molecule has 30 heavy (non-hydrogen) atoms. The average molecular weight is 453 g/mol. The summed E-state index contributed by atoms with van der Waals surface area (Å²) in [7, 11) is -2.66. The normalized spacial score (nSPS) is 18.9. The highest BCUT2D eigenvalue weighted by Crippen LogP contribution is 2.40. The number of aryl methyl sites for hydroxylation is 1. The predicted molar refractivity (Wildman–Crippen MR) is 110 cm³/mol. The fraction of sp³-hybridized carbons (Fsp3) is 0.400. The van der Waals surface area contributed by atoms with Gasteiger partial charge >= 0.3 is 5.97 Å². The van der Waals surface area contributed by atoms with Crippen molar-refractivity contribution >= 4 is 38.2 Å². The Kier molecular flexibility index (Phi) is 5.65. The van der Waals surface area contributed by atoms with Crippen molar-refractivity contribution in [3.05, 3.63) is 46.1 Å². The molecule has 1 unspecified atom stereocenters. The van der Waals surface area contributed by atoms with Gasteiger partial charge in [0, 0.05) is 11.4 Å². The first-order valence-corrected chi connectivity index (χ1v) is 11.9. The zero-order valence-electron chi connectivity index (χ0n) is 16.3. The van der Waals surface area contributed by atoms with Crippen molar-refractivity contribution in [2.24, 2.45) is 0 Å². The van der Waals surface area contributed by atoms with Gasteiger partial charge in [0.2, 0.25) is 15.9 Å². The number of nitrogens with zero attached hydrogens (tertiary/aromatic N) is 1. The lowest BCUT2D eigenvalue weighted by molar-refractivity contribution is -0.119. The number of hydrogen-bond donors (Lipinski definition) is 1. The first-order valence-electron chi connectivity index (χ1n) is 9.64. The van der Waals surface area contributed by atoms with E-state index in [-0.39, 0.29) is 11.4 Å². The number of fused-ring (bicyclic) bond motifs is 1. The number of sulfonamides is 1. The summed E-state index contributed by atoms with van der Waals surface area (Å²) in [6, 6.07) is 3.64. The fourth-order valence-corrected chi connectivity index (χ4v) is 6.97. The number of methoxy groups -OCH3 is 1. The molecule has 2 heterocycles. The molecule has 0 radical (unpaired) electrons. The van der Waals surface area contributed by atoms with Crippen molar-refractivity contribution in [1.29, 1.82) is 0 Å². The van der Waals surface area contributed by atoms with Gasteiger partial charge in [-0.15, -0.1) is 11.3 Å². The standard InChI is InChI=1S/C20H21FN2O5S2/c1-28-20(25)17-14-4-2-6-16(14)29-19(17)22-18(24)15-5-3-11-23(15)30(26,27)13-9-7-12(21)8-10-13/h7-10,15H,2-6,11H2,1H3,(H,22,24). The second kappa shape index (κ2) is 8.09. The minimum Gasteiger partial charge on any atom is -0.465 e. The summed E-state index contributed by atoms with van der Waals surface area (Å²) in [6.07, 6.45) is 3.44. The molecular formula is C20H21FN2O5S2. The molecule has 7 nitrogen and oxygen atoms in total. The topological polar surface area (TPSA) is 92.8 Å². The first kappa shape index (κ1) is 21.0. The van der Waals surface area contributed by atoms with E-state index in [1.165, 1.54) is 30.6 Å². The van der Waals surface area contributed by atoms with Crippen LogP contribution in [0.15, 0.2) is 29.2 Å². The molecule has 2 aliphatic rings. The smallest absolute Gasteiger partial charge is 0.341 e. The number of benzene rings is 1. The van der Waals surface area contributed by atoms with Gasteiger partial charge < -0.3 is 10.1 Å². The lowest BCUT2D eigenvalue weighted by Gasteiger charge is -2.23. The van der Waals surface area contributed by atoms with Crippen molar-refractivity contribution in [3.63, 3.8) is 0 Å². The lowest BCUT2D eigenvalue weighted by atomic mass is 10.1. The van der Waals surface area contributed by atoms with Gasteiger partial charge in [-0.3, -0.25) is 4.79 Å². The highest BCUT2D eigenvalue weighted by molar-refractivity contribution is 7.89. The quantitative estimate of drug-likeness (QED) is 0.704. The number of hydrogen-bond acceptors (Lipinski definition) is 6. The molecule has 1 N–H and O–H groups in total. The van der Waals surface area contributed by atoms with Gasteiger partial charge in [-0.2, -0.15) is 4.31 Å². The van der Waals surface area contributed by atoms with Gasteiger partial charge in [-0.05, 0) is 61.9 Å². The van der Waals surface area contributed by atoms with Gasteiger partial charge in [0.05, 0.1) is 17.6 Å². The number of carbonyl (C=O) groups is 2. The summed E-state index contributed by atoms with van der Waals surface area (Å²) in [5.41, 5.74) is 1.28. The molecule has 1 fully saturated rings. The Labute approximate surface area is 177 Å². The van der Waals surface area contributed by atoms with Gasteiger partial charge in [-0.1, -0.05) is 0 Å². The molecule has 0 saturated carbocycles. The highest BCUT2D eigenvalue weighted by Gasteiger charge is 2.40. The van der Waals surface area contributed by atoms with Crippen LogP contribution in [0, 0.1) is 5.82 Å². The lowest BCUT2D eigenvalue weighted by Crippen LogP contribution is -2.43. The van der Waals surface area contributed by atoms with Gasteiger partial charge in [0.1, 0.15) is 16.9 Å². The van der Waals surface area contributed by atoms with Crippen molar-refractivity contribution in [1.82, 2.24) is 4.31 Å². The van der Waals surface area contributed by atoms with Gasteiger partial charge in [-0.25, -0.2) is 17.6 Å². The summed E-state index contributed by atoms with van der Waals surface area (Å²) >= 11 is 1.34. The number of ether oxygens (including phenoxy) is 1. The van der Waals surface area contributed by atoms with Crippen molar-refractivity contribution in [2.75, 3.05) is 19.0 Å². The molecule has 10 heteroatoms. The number of thiophene rings is 1. The van der Waals surface area contributed by atoms with Crippen LogP contribution in [0.1, 0.15) is 40.1 Å². The summed E-state index contributed by atoms with van der Waals surface area (Å²) in [5.74, 6) is -1.53. The molecular weight excluding hydrogens is 431 g/mol. The van der Waals surface area contributed by atoms with Crippen LogP contribution in [-0.2, 0) is 32.4 Å². The van der Waals surface area contributed by atoms with Gasteiger partial charge in [0.25, 0.3) is 0 Å². The van der Waals surface area contributed by atoms with Gasteiger partial charge in [0.15, 0.2) is 0 Å². The number of carbonyl (C=O) groups excluding carboxylic acids is 2. The number of rotatable bonds is 5. The third kappa shape index (κ3) is 3.63. The van der Waals surface area contributed by atoms with Crippen LogP contribution in [0.25, 0.3) is 0 Å². The van der Waals surface area contributed by atoms with Crippen LogP contribution in [0.4, 0.5) is 9.39 Å². The maximum Gasteiger partial charge on any atom is 0.341 e. The van der Waals surface area contributed by atoms with Crippen LogP contribution < -0.4 is 5.32 Å². The number of esters is 1. The van der Waals surface area contributed by atoms with Crippen molar-refractivity contribution in [3.8, 4) is 0 Å². The highest BCUT2D eigenvalue weighted by atomic mass is 32.2. The summed E-state index contributed by atoms with van der Waals surface area (Å²) < 4.78 is 45.2. The second-order valence-corrected chi connectivity index (χ2v) is 10.3. The summed E-state index contributed by atoms with van der Waals surface area (Å²) in [6.45, 7) is 0.197. The zero-order valence-corrected chi connectivity index (χ0v) is 17.9. The molecule has 1 amide bonds.